The fraction of sp³-hybridized carbons (Fsp3) is 0.250. The van der Waals surface area contributed by atoms with Crippen molar-refractivity contribution in [3.8, 4) is 11.5 Å². The smallest absolute Gasteiger partial charge is 0.260 e. The van der Waals surface area contributed by atoms with Gasteiger partial charge in [0.25, 0.3) is 11.8 Å². The summed E-state index contributed by atoms with van der Waals surface area (Å²) in [5.74, 6) is 0.957. The van der Waals surface area contributed by atoms with Gasteiger partial charge in [0, 0.05) is 11.3 Å². The van der Waals surface area contributed by atoms with E-state index in [1.807, 2.05) is 77.1 Å². The lowest BCUT2D eigenvalue weighted by Gasteiger charge is -2.13. The van der Waals surface area contributed by atoms with E-state index in [2.05, 4.69) is 20.4 Å². The minimum absolute atomic E-state index is 0.153. The van der Waals surface area contributed by atoms with E-state index in [9.17, 15) is 4.79 Å². The number of nitrogens with zero attached hydrogens (tertiary/aromatic N) is 3. The highest BCUT2D eigenvalue weighted by Crippen LogP contribution is 2.31. The van der Waals surface area contributed by atoms with E-state index in [-0.39, 0.29) is 11.8 Å². The van der Waals surface area contributed by atoms with Crippen LogP contribution in [0.2, 0.25) is 0 Å². The van der Waals surface area contributed by atoms with E-state index < -0.39 is 0 Å². The first-order valence-electron chi connectivity index (χ1n) is 9.96. The highest BCUT2D eigenvalue weighted by Gasteiger charge is 2.19. The van der Waals surface area contributed by atoms with Crippen LogP contribution in [0.15, 0.2) is 47.0 Å². The average molecular weight is 400 g/mol. The number of fused-ring (bicyclic) bond motifs is 1. The van der Waals surface area contributed by atoms with Crippen molar-refractivity contribution in [2.75, 3.05) is 5.32 Å². The number of aryl methyl sites for hydroxylation is 3. The van der Waals surface area contributed by atoms with Crippen LogP contribution in [0.3, 0.4) is 0 Å². The first kappa shape index (κ1) is 19.8. The summed E-state index contributed by atoms with van der Waals surface area (Å²) in [6.45, 7) is 9.82. The second kappa shape index (κ2) is 7.71. The van der Waals surface area contributed by atoms with Gasteiger partial charge in [-0.05, 0) is 50.6 Å². The molecule has 0 fully saturated rings. The Balaban J connectivity index is 1.73. The third-order valence-corrected chi connectivity index (χ3v) is 5.11. The second-order valence-electron chi connectivity index (χ2n) is 7.88. The molecule has 0 saturated carbocycles. The molecular formula is C24H24N4O2. The number of hydrogen-bond donors (Lipinski definition) is 1. The van der Waals surface area contributed by atoms with Crippen LogP contribution in [0.25, 0.3) is 22.4 Å². The summed E-state index contributed by atoms with van der Waals surface area (Å²) in [4.78, 5) is 22.3. The molecule has 6 nitrogen and oxygen atoms in total. The van der Waals surface area contributed by atoms with Gasteiger partial charge in [-0.2, -0.15) is 4.98 Å². The van der Waals surface area contributed by atoms with Crippen molar-refractivity contribution in [2.24, 2.45) is 0 Å². The molecule has 0 aliphatic rings. The summed E-state index contributed by atoms with van der Waals surface area (Å²) >= 11 is 0. The van der Waals surface area contributed by atoms with Gasteiger partial charge < -0.3 is 9.84 Å². The molecule has 1 N–H and O–H groups in total. The van der Waals surface area contributed by atoms with Crippen LogP contribution in [0, 0.1) is 20.8 Å². The van der Waals surface area contributed by atoms with Gasteiger partial charge in [-0.15, -0.1) is 0 Å². The maximum Gasteiger partial charge on any atom is 0.260 e. The zero-order valence-corrected chi connectivity index (χ0v) is 17.8. The summed E-state index contributed by atoms with van der Waals surface area (Å²) in [5, 5.41) is 8.03. The van der Waals surface area contributed by atoms with Gasteiger partial charge in [-0.25, -0.2) is 0 Å². The van der Waals surface area contributed by atoms with Crippen LogP contribution in [0.5, 0.6) is 0 Å². The number of carbonyl (C=O) groups is 1. The Labute approximate surface area is 175 Å². The number of pyridine rings is 1. The van der Waals surface area contributed by atoms with Crippen molar-refractivity contribution in [1.29, 1.82) is 0 Å². The normalized spacial score (nSPS) is 11.3. The number of nitrogens with one attached hydrogen (secondary N) is 1. The molecule has 152 valence electrons. The van der Waals surface area contributed by atoms with Gasteiger partial charge in [-0.3, -0.25) is 9.78 Å². The zero-order chi connectivity index (χ0) is 21.4. The van der Waals surface area contributed by atoms with Crippen LogP contribution >= 0.6 is 0 Å². The Morgan fingerprint density at radius 1 is 1.03 bits per heavy atom. The first-order chi connectivity index (χ1) is 14.3. The van der Waals surface area contributed by atoms with E-state index in [4.69, 9.17) is 4.52 Å². The van der Waals surface area contributed by atoms with Gasteiger partial charge in [0.05, 0.1) is 28.0 Å². The summed E-state index contributed by atoms with van der Waals surface area (Å²) < 4.78 is 5.46. The minimum atomic E-state index is -0.220. The molecule has 1 amide bonds. The highest BCUT2D eigenvalue weighted by molar-refractivity contribution is 6.08. The SMILES string of the molecule is Cc1ccc2nc(C)c(C(=O)Nc3c(C)cccc3-c3nc(C(C)C)no3)cc2c1. The Hall–Kier alpha value is -3.54. The number of rotatable bonds is 4. The van der Waals surface area contributed by atoms with E-state index in [0.717, 1.165) is 22.0 Å². The van der Waals surface area contributed by atoms with Crippen LogP contribution in [-0.4, -0.2) is 21.0 Å². The summed E-state index contributed by atoms with van der Waals surface area (Å²) in [6, 6.07) is 13.6. The first-order valence-corrected chi connectivity index (χ1v) is 9.96. The van der Waals surface area contributed by atoms with Gasteiger partial charge >= 0.3 is 0 Å². The molecule has 0 radical (unpaired) electrons. The Kier molecular flexibility index (Phi) is 5.08. The molecule has 0 aliphatic carbocycles. The number of carbonyl (C=O) groups excluding carboxylic acids is 1. The van der Waals surface area contributed by atoms with Gasteiger partial charge in [0.15, 0.2) is 5.82 Å². The van der Waals surface area contributed by atoms with Crippen molar-refractivity contribution in [3.63, 3.8) is 0 Å². The molecule has 4 aromatic rings. The Bertz CT molecular complexity index is 1260. The molecule has 30 heavy (non-hydrogen) atoms. The van der Waals surface area contributed by atoms with E-state index in [1.165, 1.54) is 0 Å². The topological polar surface area (TPSA) is 80.9 Å². The monoisotopic (exact) mass is 400 g/mol. The van der Waals surface area contributed by atoms with E-state index >= 15 is 0 Å². The van der Waals surface area contributed by atoms with Crippen LogP contribution < -0.4 is 5.32 Å². The number of amides is 1. The van der Waals surface area contributed by atoms with Gasteiger partial charge in [-0.1, -0.05) is 42.8 Å². The third-order valence-electron chi connectivity index (χ3n) is 5.11. The summed E-state index contributed by atoms with van der Waals surface area (Å²) in [5.41, 5.74) is 5.48. The number of aromatic nitrogens is 3. The fourth-order valence-electron chi connectivity index (χ4n) is 3.39. The zero-order valence-electron chi connectivity index (χ0n) is 17.8. The van der Waals surface area contributed by atoms with Gasteiger partial charge in [0.2, 0.25) is 0 Å². The van der Waals surface area contributed by atoms with Crippen LogP contribution in [-0.2, 0) is 0 Å². The number of benzene rings is 2. The lowest BCUT2D eigenvalue weighted by atomic mass is 10.0. The molecule has 0 bridgehead atoms. The maximum absolute atomic E-state index is 13.2. The van der Waals surface area contributed by atoms with Crippen molar-refractivity contribution in [1.82, 2.24) is 15.1 Å². The number of hydrogen-bond acceptors (Lipinski definition) is 5. The maximum atomic E-state index is 13.2. The molecule has 2 aromatic heterocycles. The largest absolute Gasteiger partial charge is 0.334 e. The molecule has 4 rings (SSSR count). The highest BCUT2D eigenvalue weighted by atomic mass is 16.5. The lowest BCUT2D eigenvalue weighted by Crippen LogP contribution is -2.15. The van der Waals surface area contributed by atoms with Crippen molar-refractivity contribution >= 4 is 22.5 Å². The lowest BCUT2D eigenvalue weighted by molar-refractivity contribution is 0.102. The predicted octanol–water partition coefficient (Wildman–Crippen LogP) is 5.59. The summed E-state index contributed by atoms with van der Waals surface area (Å²) in [6.07, 6.45) is 0. The average Bonchev–Trinajstić information content (AvgIpc) is 3.19. The van der Waals surface area contributed by atoms with Crippen LogP contribution in [0.4, 0.5) is 5.69 Å². The molecule has 2 aromatic carbocycles. The van der Waals surface area contributed by atoms with E-state index in [0.29, 0.717) is 34.2 Å². The standard InChI is InChI=1S/C24H24N4O2/c1-13(2)22-27-24(30-28-22)18-8-6-7-15(4)21(18)26-23(29)19-12-17-11-14(3)9-10-20(17)25-16(19)5/h6-13H,1-5H3,(H,26,29). The molecule has 0 atom stereocenters. The molecule has 6 heteroatoms. The summed E-state index contributed by atoms with van der Waals surface area (Å²) in [7, 11) is 0. The van der Waals surface area contributed by atoms with Crippen molar-refractivity contribution < 1.29 is 9.32 Å². The predicted molar refractivity (Wildman–Crippen MR) is 118 cm³/mol. The van der Waals surface area contributed by atoms with Crippen LogP contribution in [0.1, 0.15) is 52.8 Å². The number of anilines is 1. The van der Waals surface area contributed by atoms with E-state index in [1.54, 1.807) is 0 Å². The van der Waals surface area contributed by atoms with Crippen molar-refractivity contribution in [3.05, 3.63) is 70.7 Å². The Morgan fingerprint density at radius 2 is 1.83 bits per heavy atom. The quantitative estimate of drug-likeness (QED) is 0.483. The fourth-order valence-corrected chi connectivity index (χ4v) is 3.39. The minimum Gasteiger partial charge on any atom is -0.334 e. The second-order valence-corrected chi connectivity index (χ2v) is 7.88. The molecule has 0 saturated heterocycles. The van der Waals surface area contributed by atoms with Crippen molar-refractivity contribution in [2.45, 2.75) is 40.5 Å². The van der Waals surface area contributed by atoms with Gasteiger partial charge in [0.1, 0.15) is 0 Å². The molecule has 0 aliphatic heterocycles. The molecule has 2 heterocycles. The Morgan fingerprint density at radius 3 is 2.57 bits per heavy atom. The molecule has 0 unspecified atom stereocenters. The number of para-hydroxylation sites is 1. The molecule has 0 spiro atoms. The third kappa shape index (κ3) is 3.68. The molecular weight excluding hydrogens is 376 g/mol.